The Hall–Kier alpha value is -2.02. The van der Waals surface area contributed by atoms with Gasteiger partial charge in [0.05, 0.1) is 6.54 Å². The Morgan fingerprint density at radius 2 is 1.95 bits per heavy atom. The van der Waals surface area contributed by atoms with E-state index in [1.807, 2.05) is 0 Å². The van der Waals surface area contributed by atoms with Crippen molar-refractivity contribution in [1.82, 2.24) is 15.5 Å². The van der Waals surface area contributed by atoms with Crippen LogP contribution < -0.4 is 10.6 Å². The summed E-state index contributed by atoms with van der Waals surface area (Å²) in [5, 5.41) is 14.0. The summed E-state index contributed by atoms with van der Waals surface area (Å²) >= 11 is 0. The largest absolute Gasteiger partial charge is 0.475 e. The Morgan fingerprint density at radius 3 is 2.50 bits per heavy atom. The number of aromatic carboxylic acids is 1. The smallest absolute Gasteiger partial charge is 0.371 e. The number of urea groups is 1. The third-order valence-corrected chi connectivity index (χ3v) is 2.90. The van der Waals surface area contributed by atoms with E-state index in [1.54, 1.807) is 0 Å². The summed E-state index contributed by atoms with van der Waals surface area (Å²) in [4.78, 5) is 24.3. The molecule has 0 unspecified atom stereocenters. The average Bonchev–Trinajstić information content (AvgIpc) is 2.90. The number of amides is 2. The zero-order chi connectivity index (χ0) is 15.0. The fourth-order valence-corrected chi connectivity index (χ4v) is 1.69. The number of hydrogen-bond donors (Lipinski definition) is 3. The van der Waals surface area contributed by atoms with Crippen LogP contribution in [0.4, 0.5) is 4.79 Å². The molecule has 1 heterocycles. The number of carbonyl (C=O) groups excluding carboxylic acids is 1. The third kappa shape index (κ3) is 5.31. The number of carbonyl (C=O) groups is 2. The fourth-order valence-electron chi connectivity index (χ4n) is 1.69. The molecule has 1 rings (SSSR count). The molecule has 0 radical (unpaired) electrons. The van der Waals surface area contributed by atoms with E-state index in [0.717, 1.165) is 19.6 Å². The first kappa shape index (κ1) is 16.0. The highest BCUT2D eigenvalue weighted by molar-refractivity contribution is 5.84. The third-order valence-electron chi connectivity index (χ3n) is 2.90. The second-order valence-electron chi connectivity index (χ2n) is 4.21. The predicted octanol–water partition coefficient (Wildman–Crippen LogP) is 1.12. The van der Waals surface area contributed by atoms with E-state index in [0.29, 0.717) is 12.3 Å². The normalized spacial score (nSPS) is 10.6. The van der Waals surface area contributed by atoms with Crippen LogP contribution in [0.25, 0.3) is 0 Å². The van der Waals surface area contributed by atoms with Gasteiger partial charge in [-0.2, -0.15) is 0 Å². The molecule has 0 spiro atoms. The minimum absolute atomic E-state index is 0.135. The lowest BCUT2D eigenvalue weighted by Gasteiger charge is -2.17. The van der Waals surface area contributed by atoms with Crippen LogP contribution in [0.3, 0.4) is 0 Å². The van der Waals surface area contributed by atoms with Crippen LogP contribution in [0.15, 0.2) is 16.5 Å². The van der Waals surface area contributed by atoms with Crippen molar-refractivity contribution in [2.75, 3.05) is 26.2 Å². The number of likely N-dealkylation sites (N-methyl/N-ethyl adjacent to an activating group) is 1. The van der Waals surface area contributed by atoms with Crippen molar-refractivity contribution in [1.29, 1.82) is 0 Å². The lowest BCUT2D eigenvalue weighted by atomic mass is 10.4. The Kier molecular flexibility index (Phi) is 6.58. The van der Waals surface area contributed by atoms with Crippen molar-refractivity contribution < 1.29 is 19.1 Å². The molecule has 0 aliphatic rings. The molecule has 3 N–H and O–H groups in total. The molecule has 2 amide bonds. The van der Waals surface area contributed by atoms with Crippen molar-refractivity contribution in [2.45, 2.75) is 20.4 Å². The molecule has 0 aromatic carbocycles. The molecule has 7 heteroatoms. The molecule has 1 aromatic rings. The van der Waals surface area contributed by atoms with Crippen LogP contribution in [0.2, 0.25) is 0 Å². The van der Waals surface area contributed by atoms with Crippen molar-refractivity contribution in [3.63, 3.8) is 0 Å². The van der Waals surface area contributed by atoms with Crippen LogP contribution in [0.5, 0.6) is 0 Å². The van der Waals surface area contributed by atoms with Crippen molar-refractivity contribution in [2.24, 2.45) is 0 Å². The first-order chi connectivity index (χ1) is 9.56. The van der Waals surface area contributed by atoms with Crippen LogP contribution in [-0.2, 0) is 6.54 Å². The van der Waals surface area contributed by atoms with E-state index in [2.05, 4.69) is 29.4 Å². The minimum atomic E-state index is -1.13. The molecular weight excluding hydrogens is 262 g/mol. The Bertz CT molecular complexity index is 441. The standard InChI is InChI=1S/C13H21N3O4/c1-3-16(4-2)8-7-14-13(19)15-9-10-5-6-11(20-10)12(17)18/h5-6H,3-4,7-9H2,1-2H3,(H,17,18)(H2,14,15,19). The Labute approximate surface area is 117 Å². The van der Waals surface area contributed by atoms with Crippen LogP contribution in [-0.4, -0.2) is 48.2 Å². The summed E-state index contributed by atoms with van der Waals surface area (Å²) in [6, 6.07) is 2.59. The molecule has 0 bridgehead atoms. The van der Waals surface area contributed by atoms with Gasteiger partial charge < -0.3 is 25.1 Å². The molecule has 7 nitrogen and oxygen atoms in total. The molecule has 1 aromatic heterocycles. The second kappa shape index (κ2) is 8.21. The number of rotatable bonds is 8. The maximum Gasteiger partial charge on any atom is 0.371 e. The second-order valence-corrected chi connectivity index (χ2v) is 4.21. The van der Waals surface area contributed by atoms with E-state index in [9.17, 15) is 9.59 Å². The maximum absolute atomic E-state index is 11.5. The first-order valence-electron chi connectivity index (χ1n) is 6.62. The van der Waals surface area contributed by atoms with Crippen molar-refractivity contribution in [3.05, 3.63) is 23.7 Å². The lowest BCUT2D eigenvalue weighted by molar-refractivity contribution is 0.0660. The van der Waals surface area contributed by atoms with Gasteiger partial charge in [-0.25, -0.2) is 9.59 Å². The highest BCUT2D eigenvalue weighted by Crippen LogP contribution is 2.07. The van der Waals surface area contributed by atoms with Crippen molar-refractivity contribution >= 4 is 12.0 Å². The highest BCUT2D eigenvalue weighted by Gasteiger charge is 2.09. The zero-order valence-corrected chi connectivity index (χ0v) is 11.8. The molecule has 0 aliphatic heterocycles. The van der Waals surface area contributed by atoms with Gasteiger partial charge in [-0.15, -0.1) is 0 Å². The van der Waals surface area contributed by atoms with E-state index < -0.39 is 5.97 Å². The van der Waals surface area contributed by atoms with Gasteiger partial charge in [0.1, 0.15) is 5.76 Å². The molecule has 0 aliphatic carbocycles. The molecule has 0 saturated heterocycles. The van der Waals surface area contributed by atoms with Crippen LogP contribution in [0, 0.1) is 0 Å². The topological polar surface area (TPSA) is 94.8 Å². The number of nitrogens with zero attached hydrogens (tertiary/aromatic N) is 1. The van der Waals surface area contributed by atoms with Gasteiger partial charge >= 0.3 is 12.0 Å². The number of hydrogen-bond acceptors (Lipinski definition) is 4. The number of carboxylic acids is 1. The van der Waals surface area contributed by atoms with Gasteiger partial charge in [0.25, 0.3) is 0 Å². The predicted molar refractivity (Wildman–Crippen MR) is 73.7 cm³/mol. The number of carboxylic acid groups (broad SMARTS) is 1. The quantitative estimate of drug-likeness (QED) is 0.664. The van der Waals surface area contributed by atoms with E-state index >= 15 is 0 Å². The summed E-state index contributed by atoms with van der Waals surface area (Å²) in [7, 11) is 0. The van der Waals surface area contributed by atoms with Crippen LogP contribution >= 0.6 is 0 Å². The molecular formula is C13H21N3O4. The van der Waals surface area contributed by atoms with Gasteiger partial charge in [-0.3, -0.25) is 0 Å². The molecule has 0 atom stereocenters. The minimum Gasteiger partial charge on any atom is -0.475 e. The first-order valence-corrected chi connectivity index (χ1v) is 6.62. The Morgan fingerprint density at radius 1 is 1.25 bits per heavy atom. The monoisotopic (exact) mass is 283 g/mol. The van der Waals surface area contributed by atoms with Gasteiger partial charge in [0.2, 0.25) is 5.76 Å². The molecule has 0 saturated carbocycles. The van der Waals surface area contributed by atoms with Gasteiger partial charge in [0.15, 0.2) is 0 Å². The van der Waals surface area contributed by atoms with Gasteiger partial charge in [-0.05, 0) is 25.2 Å². The molecule has 20 heavy (non-hydrogen) atoms. The van der Waals surface area contributed by atoms with Crippen molar-refractivity contribution in [3.8, 4) is 0 Å². The molecule has 0 fully saturated rings. The van der Waals surface area contributed by atoms with Gasteiger partial charge in [-0.1, -0.05) is 13.8 Å². The summed E-state index contributed by atoms with van der Waals surface area (Å²) in [5.41, 5.74) is 0. The van der Waals surface area contributed by atoms with Crippen LogP contribution in [0.1, 0.15) is 30.2 Å². The summed E-state index contributed by atoms with van der Waals surface area (Å²) in [6.07, 6.45) is 0. The fraction of sp³-hybridized carbons (Fsp3) is 0.538. The zero-order valence-electron chi connectivity index (χ0n) is 11.8. The number of nitrogens with one attached hydrogen (secondary N) is 2. The average molecular weight is 283 g/mol. The van der Waals surface area contributed by atoms with E-state index in [1.165, 1.54) is 12.1 Å². The lowest BCUT2D eigenvalue weighted by Crippen LogP contribution is -2.40. The maximum atomic E-state index is 11.5. The number of furan rings is 1. The Balaban J connectivity index is 2.24. The van der Waals surface area contributed by atoms with Gasteiger partial charge in [0, 0.05) is 13.1 Å². The summed E-state index contributed by atoms with van der Waals surface area (Å²) in [6.45, 7) is 7.55. The van der Waals surface area contributed by atoms with E-state index in [4.69, 9.17) is 9.52 Å². The summed E-state index contributed by atoms with van der Waals surface area (Å²) in [5.74, 6) is -0.857. The molecule has 112 valence electrons. The summed E-state index contributed by atoms with van der Waals surface area (Å²) < 4.78 is 5.02. The SMILES string of the molecule is CCN(CC)CCNC(=O)NCc1ccc(C(=O)O)o1. The highest BCUT2D eigenvalue weighted by atomic mass is 16.4. The van der Waals surface area contributed by atoms with E-state index in [-0.39, 0.29) is 18.3 Å².